The Morgan fingerprint density at radius 2 is 1.58 bits per heavy atom. The molecule has 0 amide bonds. The zero-order valence-electron chi connectivity index (χ0n) is 11.7. The van der Waals surface area contributed by atoms with Gasteiger partial charge in [-0.05, 0) is 25.7 Å². The van der Waals surface area contributed by atoms with Crippen LogP contribution in [-0.4, -0.2) is 16.2 Å². The number of aromatic nitrogens is 2. The molecule has 2 aliphatic rings. The van der Waals surface area contributed by atoms with E-state index in [1.54, 1.807) is 0 Å². The first-order chi connectivity index (χ1) is 9.34. The zero-order chi connectivity index (χ0) is 13.1. The van der Waals surface area contributed by atoms with Gasteiger partial charge in [-0.3, -0.25) is 0 Å². The molecule has 0 bridgehead atoms. The molecule has 2 saturated carbocycles. The summed E-state index contributed by atoms with van der Waals surface area (Å²) in [5.41, 5.74) is 6.27. The first kappa shape index (κ1) is 13.1. The van der Waals surface area contributed by atoms with Crippen LogP contribution in [0.15, 0.2) is 4.52 Å². The summed E-state index contributed by atoms with van der Waals surface area (Å²) in [6.45, 7) is 0. The summed E-state index contributed by atoms with van der Waals surface area (Å²) in [5.74, 6) is 2.54. The van der Waals surface area contributed by atoms with E-state index in [9.17, 15) is 0 Å². The Balaban J connectivity index is 1.72. The van der Waals surface area contributed by atoms with Crippen LogP contribution in [0.5, 0.6) is 0 Å². The van der Waals surface area contributed by atoms with Crippen LogP contribution in [0.25, 0.3) is 0 Å². The highest BCUT2D eigenvalue weighted by Crippen LogP contribution is 2.34. The zero-order valence-corrected chi connectivity index (χ0v) is 11.7. The number of hydrogen-bond acceptors (Lipinski definition) is 4. The Kier molecular flexibility index (Phi) is 4.16. The summed E-state index contributed by atoms with van der Waals surface area (Å²) in [4.78, 5) is 4.69. The van der Waals surface area contributed by atoms with E-state index in [1.807, 2.05) is 0 Å². The lowest BCUT2D eigenvalue weighted by Gasteiger charge is -2.18. The van der Waals surface area contributed by atoms with Crippen LogP contribution >= 0.6 is 0 Å². The smallest absolute Gasteiger partial charge is 0.231 e. The Hall–Kier alpha value is -0.900. The summed E-state index contributed by atoms with van der Waals surface area (Å²) in [6.07, 6.45) is 12.4. The fraction of sp³-hybridized carbons (Fsp3) is 0.867. The van der Waals surface area contributed by atoms with Gasteiger partial charge in [-0.15, -0.1) is 0 Å². The molecule has 1 heterocycles. The quantitative estimate of drug-likeness (QED) is 0.829. The standard InChI is InChI=1S/C15H25N3O/c16-13-10-6-2-5-9-12(13)15-17-14(18-19-15)11-7-3-1-4-8-11/h11-13H,1-10,16H2. The van der Waals surface area contributed by atoms with Crippen LogP contribution in [0, 0.1) is 0 Å². The average molecular weight is 263 g/mol. The first-order valence-electron chi connectivity index (χ1n) is 7.93. The normalized spacial score (nSPS) is 30.2. The lowest BCUT2D eigenvalue weighted by molar-refractivity contribution is 0.318. The third-order valence-corrected chi connectivity index (χ3v) is 4.81. The third kappa shape index (κ3) is 2.99. The molecular formula is C15H25N3O. The molecular weight excluding hydrogens is 238 g/mol. The SMILES string of the molecule is NC1CCCCCC1c1nc(C2CCCCC2)no1. The van der Waals surface area contributed by atoms with E-state index < -0.39 is 0 Å². The molecule has 0 aromatic carbocycles. The predicted octanol–water partition coefficient (Wildman–Crippen LogP) is 3.49. The van der Waals surface area contributed by atoms with Crippen molar-refractivity contribution in [2.45, 2.75) is 82.1 Å². The van der Waals surface area contributed by atoms with Crippen LogP contribution in [0.3, 0.4) is 0 Å². The van der Waals surface area contributed by atoms with E-state index >= 15 is 0 Å². The molecule has 2 atom stereocenters. The molecule has 3 rings (SSSR count). The van der Waals surface area contributed by atoms with Crippen molar-refractivity contribution in [3.05, 3.63) is 11.7 Å². The molecule has 2 N–H and O–H groups in total. The largest absolute Gasteiger partial charge is 0.339 e. The van der Waals surface area contributed by atoms with E-state index in [1.165, 1.54) is 51.4 Å². The Morgan fingerprint density at radius 3 is 2.37 bits per heavy atom. The Labute approximate surface area is 115 Å². The van der Waals surface area contributed by atoms with Crippen LogP contribution in [0.4, 0.5) is 0 Å². The maximum atomic E-state index is 6.27. The van der Waals surface area contributed by atoms with Crippen LogP contribution in [0.2, 0.25) is 0 Å². The van der Waals surface area contributed by atoms with Gasteiger partial charge in [0.1, 0.15) is 0 Å². The highest BCUT2D eigenvalue weighted by molar-refractivity contribution is 5.03. The summed E-state index contributed by atoms with van der Waals surface area (Å²) in [6, 6.07) is 0.196. The molecule has 2 aliphatic carbocycles. The lowest BCUT2D eigenvalue weighted by atomic mass is 9.89. The first-order valence-corrected chi connectivity index (χ1v) is 7.93. The molecule has 4 heteroatoms. The molecule has 0 saturated heterocycles. The number of nitrogens with two attached hydrogens (primary N) is 1. The van der Waals surface area contributed by atoms with Gasteiger partial charge in [-0.25, -0.2) is 0 Å². The average Bonchev–Trinajstić information content (AvgIpc) is 2.83. The summed E-state index contributed by atoms with van der Waals surface area (Å²) >= 11 is 0. The highest BCUT2D eigenvalue weighted by atomic mass is 16.5. The minimum Gasteiger partial charge on any atom is -0.339 e. The fourth-order valence-electron chi connectivity index (χ4n) is 3.57. The van der Waals surface area contributed by atoms with E-state index in [4.69, 9.17) is 15.2 Å². The summed E-state index contributed by atoms with van der Waals surface area (Å²) < 4.78 is 5.54. The van der Waals surface area contributed by atoms with Crippen molar-refractivity contribution in [3.63, 3.8) is 0 Å². The number of nitrogens with zero attached hydrogens (tertiary/aromatic N) is 2. The highest BCUT2D eigenvalue weighted by Gasteiger charge is 2.29. The van der Waals surface area contributed by atoms with Gasteiger partial charge in [-0.1, -0.05) is 43.7 Å². The van der Waals surface area contributed by atoms with Gasteiger partial charge in [-0.2, -0.15) is 4.98 Å². The molecule has 0 aliphatic heterocycles. The second kappa shape index (κ2) is 6.04. The molecule has 106 valence electrons. The lowest BCUT2D eigenvalue weighted by Crippen LogP contribution is -2.27. The second-order valence-corrected chi connectivity index (χ2v) is 6.23. The van der Waals surface area contributed by atoms with Gasteiger partial charge in [0.05, 0.1) is 5.92 Å². The van der Waals surface area contributed by atoms with Gasteiger partial charge in [0.25, 0.3) is 0 Å². The van der Waals surface area contributed by atoms with Gasteiger partial charge in [0.15, 0.2) is 5.82 Å². The van der Waals surface area contributed by atoms with Crippen molar-refractivity contribution in [2.24, 2.45) is 5.73 Å². The summed E-state index contributed by atoms with van der Waals surface area (Å²) in [5, 5.41) is 4.24. The molecule has 2 fully saturated rings. The Bertz CT molecular complexity index is 398. The van der Waals surface area contributed by atoms with Crippen LogP contribution in [0.1, 0.15) is 87.8 Å². The van der Waals surface area contributed by atoms with E-state index in [-0.39, 0.29) is 12.0 Å². The van der Waals surface area contributed by atoms with E-state index in [0.29, 0.717) is 5.92 Å². The van der Waals surface area contributed by atoms with Crippen molar-refractivity contribution in [1.82, 2.24) is 10.1 Å². The molecule has 0 spiro atoms. The van der Waals surface area contributed by atoms with Crippen LogP contribution < -0.4 is 5.73 Å². The second-order valence-electron chi connectivity index (χ2n) is 6.23. The van der Waals surface area contributed by atoms with Crippen molar-refractivity contribution in [1.29, 1.82) is 0 Å². The maximum Gasteiger partial charge on any atom is 0.231 e. The molecule has 4 nitrogen and oxygen atoms in total. The minimum absolute atomic E-state index is 0.196. The minimum atomic E-state index is 0.196. The summed E-state index contributed by atoms with van der Waals surface area (Å²) in [7, 11) is 0. The monoisotopic (exact) mass is 263 g/mol. The predicted molar refractivity (Wildman–Crippen MR) is 73.9 cm³/mol. The number of hydrogen-bond donors (Lipinski definition) is 1. The van der Waals surface area contributed by atoms with E-state index in [0.717, 1.165) is 24.6 Å². The van der Waals surface area contributed by atoms with Gasteiger partial charge >= 0.3 is 0 Å². The Morgan fingerprint density at radius 1 is 0.895 bits per heavy atom. The van der Waals surface area contributed by atoms with Crippen molar-refractivity contribution in [2.75, 3.05) is 0 Å². The molecule has 0 radical (unpaired) electrons. The number of rotatable bonds is 2. The van der Waals surface area contributed by atoms with Crippen LogP contribution in [-0.2, 0) is 0 Å². The molecule has 2 unspecified atom stereocenters. The van der Waals surface area contributed by atoms with Crippen molar-refractivity contribution < 1.29 is 4.52 Å². The van der Waals surface area contributed by atoms with Gasteiger partial charge in [0, 0.05) is 12.0 Å². The van der Waals surface area contributed by atoms with E-state index in [2.05, 4.69) is 5.16 Å². The van der Waals surface area contributed by atoms with Crippen molar-refractivity contribution >= 4 is 0 Å². The molecule has 19 heavy (non-hydrogen) atoms. The van der Waals surface area contributed by atoms with Gasteiger partial charge < -0.3 is 10.3 Å². The maximum absolute atomic E-state index is 6.27. The van der Waals surface area contributed by atoms with Crippen molar-refractivity contribution in [3.8, 4) is 0 Å². The topological polar surface area (TPSA) is 64.9 Å². The van der Waals surface area contributed by atoms with Gasteiger partial charge in [0.2, 0.25) is 5.89 Å². The third-order valence-electron chi connectivity index (χ3n) is 4.81. The molecule has 1 aromatic rings. The fourth-order valence-corrected chi connectivity index (χ4v) is 3.57. The molecule has 1 aromatic heterocycles.